The normalized spacial score (nSPS) is 11.4. The van der Waals surface area contributed by atoms with E-state index in [1.807, 2.05) is 0 Å². The second-order valence-electron chi connectivity index (χ2n) is 8.69. The molecule has 2 aromatic carbocycles. The third-order valence-corrected chi connectivity index (χ3v) is 5.25. The van der Waals surface area contributed by atoms with Crippen molar-refractivity contribution in [1.82, 2.24) is 14.9 Å². The summed E-state index contributed by atoms with van der Waals surface area (Å²) in [6.45, 7) is 2.58. The van der Waals surface area contributed by atoms with Gasteiger partial charge < -0.3 is 27.2 Å². The maximum Gasteiger partial charge on any atom is 0.416 e. The number of nitrogens with zero attached hydrogens (tertiary/aromatic N) is 2. The smallest absolute Gasteiger partial charge is 0.416 e. The summed E-state index contributed by atoms with van der Waals surface area (Å²) in [7, 11) is 0. The molecule has 0 saturated carbocycles. The lowest BCUT2D eigenvalue weighted by Gasteiger charge is -2.17. The third-order valence-electron chi connectivity index (χ3n) is 5.25. The standard InChI is InChI=1S/C24H25F4N7O3/c1-11(2)34-22-23(38)35(17(9-33-22)13-5-14(24(26,27)28)7-15(29)6-13)10-19(37)32-8-12-3-16(25)20(21(30)31)18(36)4-12/h3-7,9,11,36H,8,10,29H2,1-2H3,(H3,30,31)(H,32,37)(H,33,34). The zero-order valence-electron chi connectivity index (χ0n) is 20.3. The molecule has 3 aromatic rings. The van der Waals surface area contributed by atoms with E-state index in [0.29, 0.717) is 0 Å². The lowest BCUT2D eigenvalue weighted by Crippen LogP contribution is -2.35. The van der Waals surface area contributed by atoms with E-state index in [1.165, 1.54) is 6.07 Å². The van der Waals surface area contributed by atoms with Gasteiger partial charge in [-0.05, 0) is 49.7 Å². The van der Waals surface area contributed by atoms with Crippen molar-refractivity contribution in [3.63, 3.8) is 0 Å². The molecular formula is C24H25F4N7O3. The molecule has 0 fully saturated rings. The lowest BCUT2D eigenvalue weighted by molar-refractivity contribution is -0.137. The van der Waals surface area contributed by atoms with Crippen LogP contribution in [0.2, 0.25) is 0 Å². The minimum atomic E-state index is -4.71. The van der Waals surface area contributed by atoms with Gasteiger partial charge in [-0.2, -0.15) is 13.2 Å². The summed E-state index contributed by atoms with van der Waals surface area (Å²) in [5.41, 5.74) is 8.36. The first-order chi connectivity index (χ1) is 17.7. The molecule has 1 amide bonds. The number of rotatable bonds is 8. The number of amidine groups is 1. The van der Waals surface area contributed by atoms with Gasteiger partial charge >= 0.3 is 6.18 Å². The van der Waals surface area contributed by atoms with E-state index in [2.05, 4.69) is 15.6 Å². The second kappa shape index (κ2) is 10.8. The Bertz CT molecular complexity index is 1430. The van der Waals surface area contributed by atoms with Crippen LogP contribution < -0.4 is 27.7 Å². The molecular weight excluding hydrogens is 510 g/mol. The maximum absolute atomic E-state index is 14.2. The topological polar surface area (TPSA) is 172 Å². The van der Waals surface area contributed by atoms with E-state index in [4.69, 9.17) is 16.9 Å². The number of nitrogens with one attached hydrogen (secondary N) is 3. The Balaban J connectivity index is 1.97. The van der Waals surface area contributed by atoms with Crippen LogP contribution in [0.15, 0.2) is 41.3 Å². The van der Waals surface area contributed by atoms with Crippen LogP contribution in [0.1, 0.15) is 30.5 Å². The van der Waals surface area contributed by atoms with Crippen LogP contribution in [0.4, 0.5) is 29.1 Å². The van der Waals surface area contributed by atoms with Gasteiger partial charge in [-0.3, -0.25) is 19.6 Å². The van der Waals surface area contributed by atoms with Crippen LogP contribution in [0, 0.1) is 11.2 Å². The first kappa shape index (κ1) is 28.0. The fourth-order valence-corrected chi connectivity index (χ4v) is 3.63. The molecule has 10 nitrogen and oxygen atoms in total. The molecule has 0 saturated heterocycles. The molecule has 14 heteroatoms. The number of halogens is 4. The Morgan fingerprint density at radius 1 is 1.21 bits per heavy atom. The highest BCUT2D eigenvalue weighted by atomic mass is 19.4. The lowest BCUT2D eigenvalue weighted by atomic mass is 10.1. The zero-order chi connectivity index (χ0) is 28.4. The zero-order valence-corrected chi connectivity index (χ0v) is 20.3. The van der Waals surface area contributed by atoms with Crippen LogP contribution in [0.3, 0.4) is 0 Å². The van der Waals surface area contributed by atoms with Crippen molar-refractivity contribution in [2.45, 2.75) is 39.2 Å². The third kappa shape index (κ3) is 6.38. The summed E-state index contributed by atoms with van der Waals surface area (Å²) in [6, 6.07) is 4.62. The first-order valence-electron chi connectivity index (χ1n) is 11.1. The van der Waals surface area contributed by atoms with Crippen molar-refractivity contribution in [1.29, 1.82) is 5.41 Å². The fourth-order valence-electron chi connectivity index (χ4n) is 3.63. The number of aromatic nitrogens is 2. The van der Waals surface area contributed by atoms with Gasteiger partial charge in [-0.1, -0.05) is 0 Å². The maximum atomic E-state index is 14.2. The number of hydrogen-bond acceptors (Lipinski definition) is 7. The summed E-state index contributed by atoms with van der Waals surface area (Å²) in [4.78, 5) is 29.9. The summed E-state index contributed by atoms with van der Waals surface area (Å²) >= 11 is 0. The predicted octanol–water partition coefficient (Wildman–Crippen LogP) is 2.78. The van der Waals surface area contributed by atoms with Gasteiger partial charge in [-0.15, -0.1) is 0 Å². The number of phenolic OH excluding ortho intramolecular Hbond substituents is 1. The van der Waals surface area contributed by atoms with Gasteiger partial charge in [0.25, 0.3) is 5.56 Å². The molecule has 38 heavy (non-hydrogen) atoms. The van der Waals surface area contributed by atoms with Crippen LogP contribution in [-0.4, -0.2) is 32.4 Å². The van der Waals surface area contributed by atoms with Gasteiger partial charge in [0.2, 0.25) is 5.91 Å². The van der Waals surface area contributed by atoms with E-state index in [0.717, 1.165) is 35.0 Å². The Morgan fingerprint density at radius 3 is 2.47 bits per heavy atom. The Labute approximate surface area is 213 Å². The summed E-state index contributed by atoms with van der Waals surface area (Å²) in [5, 5.41) is 22.5. The molecule has 0 unspecified atom stereocenters. The molecule has 0 aliphatic heterocycles. The van der Waals surface area contributed by atoms with Crippen LogP contribution in [0.25, 0.3) is 11.3 Å². The number of alkyl halides is 3. The van der Waals surface area contributed by atoms with Crippen LogP contribution in [-0.2, 0) is 24.1 Å². The number of nitrogens with two attached hydrogens (primary N) is 2. The number of hydrogen-bond donors (Lipinski definition) is 6. The molecule has 202 valence electrons. The largest absolute Gasteiger partial charge is 0.507 e. The van der Waals surface area contributed by atoms with Gasteiger partial charge in [0, 0.05) is 23.8 Å². The number of benzene rings is 2. The van der Waals surface area contributed by atoms with Crippen molar-refractivity contribution < 1.29 is 27.5 Å². The van der Waals surface area contributed by atoms with Crippen molar-refractivity contribution in [2.24, 2.45) is 5.73 Å². The monoisotopic (exact) mass is 535 g/mol. The number of amides is 1. The highest BCUT2D eigenvalue weighted by molar-refractivity contribution is 5.97. The second-order valence-corrected chi connectivity index (χ2v) is 8.69. The number of anilines is 2. The van der Waals surface area contributed by atoms with Gasteiger partial charge in [0.1, 0.15) is 23.9 Å². The van der Waals surface area contributed by atoms with E-state index in [-0.39, 0.29) is 40.9 Å². The molecule has 3 rings (SSSR count). The molecule has 0 atom stereocenters. The van der Waals surface area contributed by atoms with Crippen LogP contribution >= 0.6 is 0 Å². The Kier molecular flexibility index (Phi) is 7.93. The first-order valence-corrected chi connectivity index (χ1v) is 11.1. The number of aromatic hydroxyl groups is 1. The number of phenols is 1. The minimum Gasteiger partial charge on any atom is -0.507 e. The molecule has 0 aliphatic carbocycles. The molecule has 0 aliphatic rings. The molecule has 0 radical (unpaired) electrons. The Hall–Kier alpha value is -4.62. The highest BCUT2D eigenvalue weighted by Gasteiger charge is 2.31. The molecule has 0 bridgehead atoms. The molecule has 1 aromatic heterocycles. The van der Waals surface area contributed by atoms with Crippen molar-refractivity contribution in [2.75, 3.05) is 11.1 Å². The van der Waals surface area contributed by atoms with E-state index in [9.17, 15) is 32.3 Å². The molecule has 1 heterocycles. The van der Waals surface area contributed by atoms with Gasteiger partial charge in [0.15, 0.2) is 5.82 Å². The summed E-state index contributed by atoms with van der Waals surface area (Å²) in [5.74, 6) is -3.11. The number of nitrogen functional groups attached to an aromatic ring is 2. The van der Waals surface area contributed by atoms with E-state index in [1.54, 1.807) is 13.8 Å². The van der Waals surface area contributed by atoms with E-state index < -0.39 is 52.7 Å². The Morgan fingerprint density at radius 2 is 1.89 bits per heavy atom. The SMILES string of the molecule is CC(C)Nc1ncc(-c2cc(N)cc(C(F)(F)F)c2)n(CC(=O)NCc2cc(O)c(C(=N)N)c(F)c2)c1=O. The van der Waals surface area contributed by atoms with Gasteiger partial charge in [-0.25, -0.2) is 9.37 Å². The van der Waals surface area contributed by atoms with Gasteiger partial charge in [0.05, 0.1) is 23.0 Å². The minimum absolute atomic E-state index is 0.0855. The average Bonchev–Trinajstić information content (AvgIpc) is 2.78. The van der Waals surface area contributed by atoms with Crippen molar-refractivity contribution in [3.8, 4) is 17.0 Å². The van der Waals surface area contributed by atoms with Crippen molar-refractivity contribution >= 4 is 23.2 Å². The fraction of sp³-hybridized carbons (Fsp3) is 0.250. The average molecular weight is 536 g/mol. The quantitative estimate of drug-likeness (QED) is 0.111. The number of carbonyl (C=O) groups is 1. The summed E-state index contributed by atoms with van der Waals surface area (Å²) in [6.07, 6.45) is -3.56. The number of carbonyl (C=O) groups excluding carboxylic acids is 1. The predicted molar refractivity (Wildman–Crippen MR) is 133 cm³/mol. The van der Waals surface area contributed by atoms with E-state index >= 15 is 0 Å². The molecule has 8 N–H and O–H groups in total. The van der Waals surface area contributed by atoms with Crippen LogP contribution in [0.5, 0.6) is 5.75 Å². The van der Waals surface area contributed by atoms with Crippen molar-refractivity contribution in [3.05, 3.63) is 69.4 Å². The highest BCUT2D eigenvalue weighted by Crippen LogP contribution is 2.34. The molecule has 0 spiro atoms. The summed E-state index contributed by atoms with van der Waals surface area (Å²) < 4.78 is 55.2.